The fourth-order valence-electron chi connectivity index (χ4n) is 4.64. The number of halogens is 1. The number of benzene rings is 3. The van der Waals surface area contributed by atoms with Gasteiger partial charge in [-0.3, -0.25) is 9.59 Å². The van der Waals surface area contributed by atoms with Crippen LogP contribution in [0.2, 0.25) is 0 Å². The number of aldehydes is 1. The molecular weight excluding hydrogens is 431 g/mol. The Morgan fingerprint density at radius 2 is 1.50 bits per heavy atom. The average Bonchev–Trinajstić information content (AvgIpc) is 3.18. The monoisotopic (exact) mass is 456 g/mol. The van der Waals surface area contributed by atoms with Gasteiger partial charge < -0.3 is 19.7 Å². The van der Waals surface area contributed by atoms with Crippen molar-refractivity contribution in [2.24, 2.45) is 0 Å². The van der Waals surface area contributed by atoms with Crippen LogP contribution in [0.4, 0.5) is 21.6 Å². The van der Waals surface area contributed by atoms with E-state index in [0.717, 1.165) is 48.5 Å². The molecule has 0 unspecified atom stereocenters. The summed E-state index contributed by atoms with van der Waals surface area (Å²) in [7, 11) is 0. The largest absolute Gasteiger partial charge is 0.368 e. The molecule has 4 aromatic rings. The molecule has 34 heavy (non-hydrogen) atoms. The number of aromatic nitrogens is 1. The summed E-state index contributed by atoms with van der Waals surface area (Å²) in [6, 6.07) is 24.6. The van der Waals surface area contributed by atoms with Crippen molar-refractivity contribution in [3.05, 3.63) is 90.2 Å². The molecular formula is C27H25FN4O2. The van der Waals surface area contributed by atoms with Gasteiger partial charge in [0.1, 0.15) is 11.6 Å². The molecule has 1 aliphatic rings. The molecule has 1 saturated heterocycles. The molecule has 1 fully saturated rings. The Bertz CT molecular complexity index is 1310. The molecule has 1 amide bonds. The summed E-state index contributed by atoms with van der Waals surface area (Å²) in [6.45, 7) is 3.65. The Kier molecular flexibility index (Phi) is 5.99. The van der Waals surface area contributed by atoms with Gasteiger partial charge in [0.15, 0.2) is 0 Å². The number of nitrogens with zero attached hydrogens (tertiary/aromatic N) is 3. The van der Waals surface area contributed by atoms with E-state index in [1.165, 1.54) is 17.8 Å². The molecule has 172 valence electrons. The van der Waals surface area contributed by atoms with Crippen molar-refractivity contribution in [2.45, 2.75) is 6.54 Å². The van der Waals surface area contributed by atoms with Crippen LogP contribution >= 0.6 is 0 Å². The van der Waals surface area contributed by atoms with Gasteiger partial charge in [-0.15, -0.1) is 0 Å². The van der Waals surface area contributed by atoms with E-state index in [9.17, 15) is 14.0 Å². The van der Waals surface area contributed by atoms with Gasteiger partial charge in [-0.25, -0.2) is 4.39 Å². The highest BCUT2D eigenvalue weighted by Gasteiger charge is 2.26. The van der Waals surface area contributed by atoms with Crippen molar-refractivity contribution in [3.8, 4) is 0 Å². The first kappa shape index (κ1) is 21.7. The second-order valence-corrected chi connectivity index (χ2v) is 8.35. The molecule has 1 N–H and O–H groups in total. The third-order valence-corrected chi connectivity index (χ3v) is 6.25. The first-order valence-electron chi connectivity index (χ1n) is 11.3. The number of carbonyl (C=O) groups excluding carboxylic acids is 2. The SMILES string of the molecule is O=CC(=O)Nc1c(N2CCN(c3ccccc3)CC2)n(Cc2ccc(F)cc2)c2ccccc12. The predicted molar refractivity (Wildman–Crippen MR) is 133 cm³/mol. The molecule has 1 aliphatic heterocycles. The summed E-state index contributed by atoms with van der Waals surface area (Å²) in [5.41, 5.74) is 3.69. The van der Waals surface area contributed by atoms with Crippen LogP contribution in [0, 0.1) is 5.82 Å². The minimum Gasteiger partial charge on any atom is -0.368 e. The van der Waals surface area contributed by atoms with Gasteiger partial charge in [0.25, 0.3) is 5.91 Å². The van der Waals surface area contributed by atoms with Gasteiger partial charge in [0, 0.05) is 43.8 Å². The molecule has 0 aliphatic carbocycles. The Hall–Kier alpha value is -4.13. The van der Waals surface area contributed by atoms with Crippen LogP contribution in [-0.4, -0.2) is 42.9 Å². The fraction of sp³-hybridized carbons (Fsp3) is 0.185. The quantitative estimate of drug-likeness (QED) is 0.347. The maximum Gasteiger partial charge on any atom is 0.288 e. The molecule has 2 heterocycles. The standard InChI is InChI=1S/C27H25FN4O2/c28-21-12-10-20(11-13-21)18-32-24-9-5-4-8-23(24)26(29-25(34)19-33)27(32)31-16-14-30(15-17-31)22-6-2-1-3-7-22/h1-13,19H,14-18H2,(H,29,34). The number of rotatable bonds is 6. The summed E-state index contributed by atoms with van der Waals surface area (Å²) in [4.78, 5) is 27.9. The zero-order valence-corrected chi connectivity index (χ0v) is 18.7. The number of anilines is 3. The van der Waals surface area contributed by atoms with Crippen molar-refractivity contribution in [1.29, 1.82) is 0 Å². The van der Waals surface area contributed by atoms with Crippen LogP contribution in [0.15, 0.2) is 78.9 Å². The lowest BCUT2D eigenvalue weighted by Gasteiger charge is -2.38. The maximum atomic E-state index is 13.5. The van der Waals surface area contributed by atoms with Gasteiger partial charge in [-0.2, -0.15) is 0 Å². The second kappa shape index (κ2) is 9.39. The minimum atomic E-state index is -0.686. The van der Waals surface area contributed by atoms with Crippen LogP contribution in [0.5, 0.6) is 0 Å². The molecule has 0 bridgehead atoms. The maximum absolute atomic E-state index is 13.5. The number of amides is 1. The van der Waals surface area contributed by atoms with Gasteiger partial charge in [-0.1, -0.05) is 48.5 Å². The summed E-state index contributed by atoms with van der Waals surface area (Å²) in [6.07, 6.45) is 0.295. The number of para-hydroxylation sites is 2. The number of nitrogens with one attached hydrogen (secondary N) is 1. The number of fused-ring (bicyclic) bond motifs is 1. The van der Waals surface area contributed by atoms with Crippen molar-refractivity contribution >= 4 is 40.3 Å². The number of piperazine rings is 1. The van der Waals surface area contributed by atoms with Gasteiger partial charge in [0.2, 0.25) is 6.29 Å². The number of hydrogen-bond acceptors (Lipinski definition) is 4. The smallest absolute Gasteiger partial charge is 0.288 e. The summed E-state index contributed by atoms with van der Waals surface area (Å²) < 4.78 is 15.7. The number of hydrogen-bond donors (Lipinski definition) is 1. The lowest BCUT2D eigenvalue weighted by atomic mass is 10.2. The minimum absolute atomic E-state index is 0.280. The molecule has 3 aromatic carbocycles. The highest BCUT2D eigenvalue weighted by Crippen LogP contribution is 2.39. The van der Waals surface area contributed by atoms with Gasteiger partial charge in [-0.05, 0) is 35.9 Å². The Labute approximate surface area is 197 Å². The van der Waals surface area contributed by atoms with E-state index in [1.54, 1.807) is 12.1 Å². The Morgan fingerprint density at radius 1 is 0.853 bits per heavy atom. The normalized spacial score (nSPS) is 13.8. The van der Waals surface area contributed by atoms with E-state index < -0.39 is 5.91 Å². The summed E-state index contributed by atoms with van der Waals surface area (Å²) in [5, 5.41) is 3.68. The van der Waals surface area contributed by atoms with Gasteiger partial charge >= 0.3 is 0 Å². The molecule has 1 aromatic heterocycles. The van der Waals surface area contributed by atoms with E-state index in [-0.39, 0.29) is 5.82 Å². The van der Waals surface area contributed by atoms with E-state index in [2.05, 4.69) is 31.8 Å². The van der Waals surface area contributed by atoms with E-state index in [4.69, 9.17) is 0 Å². The third-order valence-electron chi connectivity index (χ3n) is 6.25. The molecule has 0 spiro atoms. The van der Waals surface area contributed by atoms with Crippen LogP contribution in [0.3, 0.4) is 0 Å². The fourth-order valence-corrected chi connectivity index (χ4v) is 4.64. The van der Waals surface area contributed by atoms with E-state index >= 15 is 0 Å². The second-order valence-electron chi connectivity index (χ2n) is 8.35. The topological polar surface area (TPSA) is 57.6 Å². The van der Waals surface area contributed by atoms with Crippen LogP contribution in [0.25, 0.3) is 10.9 Å². The van der Waals surface area contributed by atoms with Crippen molar-refractivity contribution in [2.75, 3.05) is 41.3 Å². The van der Waals surface area contributed by atoms with E-state index in [0.29, 0.717) is 18.5 Å². The lowest BCUT2D eigenvalue weighted by molar-refractivity contribution is -0.127. The van der Waals surface area contributed by atoms with Crippen LogP contribution < -0.4 is 15.1 Å². The highest BCUT2D eigenvalue weighted by molar-refractivity contribution is 6.31. The molecule has 7 heteroatoms. The highest BCUT2D eigenvalue weighted by atomic mass is 19.1. The summed E-state index contributed by atoms with van der Waals surface area (Å²) >= 11 is 0. The van der Waals surface area contributed by atoms with Crippen LogP contribution in [-0.2, 0) is 16.1 Å². The molecule has 0 atom stereocenters. The first-order valence-corrected chi connectivity index (χ1v) is 11.3. The average molecular weight is 457 g/mol. The van der Waals surface area contributed by atoms with Gasteiger partial charge in [0.05, 0.1) is 11.2 Å². The van der Waals surface area contributed by atoms with Crippen LogP contribution in [0.1, 0.15) is 5.56 Å². The zero-order chi connectivity index (χ0) is 23.5. The Balaban J connectivity index is 1.55. The Morgan fingerprint density at radius 3 is 2.21 bits per heavy atom. The predicted octanol–water partition coefficient (Wildman–Crippen LogP) is 4.29. The molecule has 0 radical (unpaired) electrons. The van der Waals surface area contributed by atoms with Crippen molar-refractivity contribution < 1.29 is 14.0 Å². The van der Waals surface area contributed by atoms with Crippen molar-refractivity contribution in [3.63, 3.8) is 0 Å². The third kappa shape index (κ3) is 4.24. The molecule has 5 rings (SSSR count). The van der Waals surface area contributed by atoms with E-state index in [1.807, 2.05) is 42.5 Å². The first-order chi connectivity index (χ1) is 16.6. The molecule has 0 saturated carbocycles. The molecule has 6 nitrogen and oxygen atoms in total. The zero-order valence-electron chi connectivity index (χ0n) is 18.7. The lowest BCUT2D eigenvalue weighted by Crippen LogP contribution is -2.47. The van der Waals surface area contributed by atoms with Crippen molar-refractivity contribution in [1.82, 2.24) is 4.57 Å². The summed E-state index contributed by atoms with van der Waals surface area (Å²) in [5.74, 6) is -0.111. The number of carbonyl (C=O) groups is 2.